The van der Waals surface area contributed by atoms with Crippen molar-refractivity contribution in [2.75, 3.05) is 7.11 Å². The van der Waals surface area contributed by atoms with Crippen molar-refractivity contribution in [2.24, 2.45) is 5.41 Å². The molecule has 2 N–H and O–H groups in total. The lowest BCUT2D eigenvalue weighted by Gasteiger charge is -2.51. The fourth-order valence-electron chi connectivity index (χ4n) is 3.47. The van der Waals surface area contributed by atoms with E-state index in [2.05, 4.69) is 37.4 Å². The van der Waals surface area contributed by atoms with E-state index in [4.69, 9.17) is 4.74 Å². The SMILES string of the molecule is COc1ccc2c(c1)CC(NC1CC(O)C1(C)C)CC2. The first kappa shape index (κ1) is 13.9. The molecule has 110 valence electrons. The summed E-state index contributed by atoms with van der Waals surface area (Å²) in [6.07, 6.45) is 4.11. The number of hydrogen-bond donors (Lipinski definition) is 2. The number of methoxy groups -OCH3 is 1. The van der Waals surface area contributed by atoms with Gasteiger partial charge in [-0.3, -0.25) is 0 Å². The number of fused-ring (bicyclic) bond motifs is 1. The van der Waals surface area contributed by atoms with Crippen LogP contribution in [0.25, 0.3) is 0 Å². The number of nitrogens with one attached hydrogen (secondary N) is 1. The molecule has 3 unspecified atom stereocenters. The summed E-state index contributed by atoms with van der Waals surface area (Å²) in [5.74, 6) is 0.948. The van der Waals surface area contributed by atoms with Crippen molar-refractivity contribution in [3.8, 4) is 5.75 Å². The molecular formula is C17H25NO2. The van der Waals surface area contributed by atoms with Crippen LogP contribution in [0.5, 0.6) is 5.75 Å². The van der Waals surface area contributed by atoms with Crippen molar-refractivity contribution >= 4 is 0 Å². The second-order valence-electron chi connectivity index (χ2n) is 6.87. The Morgan fingerprint density at radius 1 is 1.30 bits per heavy atom. The van der Waals surface area contributed by atoms with Crippen molar-refractivity contribution in [3.05, 3.63) is 29.3 Å². The van der Waals surface area contributed by atoms with Crippen LogP contribution >= 0.6 is 0 Å². The maximum absolute atomic E-state index is 9.85. The largest absolute Gasteiger partial charge is 0.497 e. The molecule has 3 heteroatoms. The fraction of sp³-hybridized carbons (Fsp3) is 0.647. The number of benzene rings is 1. The minimum absolute atomic E-state index is 0.00859. The van der Waals surface area contributed by atoms with Gasteiger partial charge in [0.15, 0.2) is 0 Å². The zero-order chi connectivity index (χ0) is 14.3. The van der Waals surface area contributed by atoms with Gasteiger partial charge in [0.25, 0.3) is 0 Å². The van der Waals surface area contributed by atoms with Crippen LogP contribution in [0, 0.1) is 5.41 Å². The summed E-state index contributed by atoms with van der Waals surface area (Å²) < 4.78 is 5.32. The van der Waals surface area contributed by atoms with Gasteiger partial charge in [-0.1, -0.05) is 19.9 Å². The molecule has 0 amide bonds. The molecule has 3 rings (SSSR count). The number of aliphatic hydroxyl groups is 1. The Morgan fingerprint density at radius 3 is 2.75 bits per heavy atom. The maximum Gasteiger partial charge on any atom is 0.119 e. The summed E-state index contributed by atoms with van der Waals surface area (Å²) in [5.41, 5.74) is 2.87. The Bertz CT molecular complexity index is 498. The van der Waals surface area contributed by atoms with Gasteiger partial charge in [-0.2, -0.15) is 0 Å². The van der Waals surface area contributed by atoms with Gasteiger partial charge < -0.3 is 15.2 Å². The van der Waals surface area contributed by atoms with Crippen molar-refractivity contribution in [1.82, 2.24) is 5.32 Å². The second kappa shape index (κ2) is 5.05. The van der Waals surface area contributed by atoms with Crippen LogP contribution in [0.3, 0.4) is 0 Å². The van der Waals surface area contributed by atoms with E-state index in [0.29, 0.717) is 12.1 Å². The van der Waals surface area contributed by atoms with E-state index in [-0.39, 0.29) is 11.5 Å². The average Bonchev–Trinajstić information content (AvgIpc) is 2.46. The monoisotopic (exact) mass is 275 g/mol. The van der Waals surface area contributed by atoms with E-state index < -0.39 is 0 Å². The lowest BCUT2D eigenvalue weighted by Crippen LogP contribution is -2.62. The molecule has 1 aromatic rings. The van der Waals surface area contributed by atoms with Crippen molar-refractivity contribution in [2.45, 2.75) is 57.7 Å². The van der Waals surface area contributed by atoms with E-state index in [0.717, 1.165) is 25.0 Å². The lowest BCUT2D eigenvalue weighted by molar-refractivity contribution is -0.0762. The summed E-state index contributed by atoms with van der Waals surface area (Å²) in [6.45, 7) is 4.30. The molecule has 1 aromatic carbocycles. The van der Waals surface area contributed by atoms with Crippen molar-refractivity contribution < 1.29 is 9.84 Å². The molecule has 2 aliphatic carbocycles. The Hall–Kier alpha value is -1.06. The maximum atomic E-state index is 9.85. The van der Waals surface area contributed by atoms with E-state index in [9.17, 15) is 5.11 Å². The number of aliphatic hydroxyl groups excluding tert-OH is 1. The van der Waals surface area contributed by atoms with E-state index in [1.807, 2.05) is 0 Å². The summed E-state index contributed by atoms with van der Waals surface area (Å²) in [6, 6.07) is 7.38. The highest BCUT2D eigenvalue weighted by Crippen LogP contribution is 2.41. The predicted octanol–water partition coefficient (Wildman–Crippen LogP) is 2.30. The van der Waals surface area contributed by atoms with Crippen LogP contribution < -0.4 is 10.1 Å². The zero-order valence-corrected chi connectivity index (χ0v) is 12.6. The Labute approximate surface area is 121 Å². The number of hydrogen-bond acceptors (Lipinski definition) is 3. The van der Waals surface area contributed by atoms with Crippen molar-refractivity contribution in [1.29, 1.82) is 0 Å². The molecular weight excluding hydrogens is 250 g/mol. The molecule has 1 fully saturated rings. The minimum Gasteiger partial charge on any atom is -0.497 e. The fourth-order valence-corrected chi connectivity index (χ4v) is 3.47. The van der Waals surface area contributed by atoms with Gasteiger partial charge in [0.1, 0.15) is 5.75 Å². The van der Waals surface area contributed by atoms with Gasteiger partial charge in [0.05, 0.1) is 13.2 Å². The number of aryl methyl sites for hydroxylation is 1. The standard InChI is InChI=1S/C17H25NO2/c1-17(2)15(10-16(17)19)18-13-6-4-11-5-7-14(20-3)9-12(11)8-13/h5,7,9,13,15-16,18-19H,4,6,8,10H2,1-3H3. The topological polar surface area (TPSA) is 41.5 Å². The molecule has 3 nitrogen and oxygen atoms in total. The molecule has 0 aromatic heterocycles. The van der Waals surface area contributed by atoms with Gasteiger partial charge in [0, 0.05) is 17.5 Å². The molecule has 0 aliphatic heterocycles. The molecule has 20 heavy (non-hydrogen) atoms. The zero-order valence-electron chi connectivity index (χ0n) is 12.6. The van der Waals surface area contributed by atoms with Crippen LogP contribution in [0.2, 0.25) is 0 Å². The first-order valence-corrected chi connectivity index (χ1v) is 7.60. The first-order chi connectivity index (χ1) is 9.50. The Balaban J connectivity index is 1.66. The van der Waals surface area contributed by atoms with Crippen LogP contribution in [0.15, 0.2) is 18.2 Å². The van der Waals surface area contributed by atoms with Crippen LogP contribution in [0.1, 0.15) is 37.8 Å². The van der Waals surface area contributed by atoms with Gasteiger partial charge in [-0.05, 0) is 48.9 Å². The first-order valence-electron chi connectivity index (χ1n) is 7.60. The van der Waals surface area contributed by atoms with Crippen LogP contribution in [-0.4, -0.2) is 30.4 Å². The van der Waals surface area contributed by atoms with Gasteiger partial charge >= 0.3 is 0 Å². The van der Waals surface area contributed by atoms with Crippen LogP contribution in [0.4, 0.5) is 0 Å². The highest BCUT2D eigenvalue weighted by molar-refractivity contribution is 5.38. The smallest absolute Gasteiger partial charge is 0.119 e. The number of rotatable bonds is 3. The van der Waals surface area contributed by atoms with Crippen LogP contribution in [-0.2, 0) is 12.8 Å². The number of ether oxygens (including phenoxy) is 1. The molecule has 0 saturated heterocycles. The highest BCUT2D eigenvalue weighted by Gasteiger charge is 2.47. The molecule has 0 bridgehead atoms. The average molecular weight is 275 g/mol. The molecule has 0 radical (unpaired) electrons. The van der Waals surface area contributed by atoms with E-state index in [1.165, 1.54) is 17.5 Å². The quantitative estimate of drug-likeness (QED) is 0.889. The summed E-state index contributed by atoms with van der Waals surface area (Å²) in [7, 11) is 1.72. The second-order valence-corrected chi connectivity index (χ2v) is 6.87. The molecule has 0 heterocycles. The van der Waals surface area contributed by atoms with Crippen molar-refractivity contribution in [3.63, 3.8) is 0 Å². The third kappa shape index (κ3) is 2.33. The third-order valence-electron chi connectivity index (χ3n) is 5.29. The minimum atomic E-state index is -0.157. The van der Waals surface area contributed by atoms with E-state index >= 15 is 0 Å². The van der Waals surface area contributed by atoms with Gasteiger partial charge in [-0.15, -0.1) is 0 Å². The molecule has 2 aliphatic rings. The predicted molar refractivity (Wildman–Crippen MR) is 80.1 cm³/mol. The summed E-state index contributed by atoms with van der Waals surface area (Å²) >= 11 is 0. The Kier molecular flexibility index (Phi) is 3.51. The highest BCUT2D eigenvalue weighted by atomic mass is 16.5. The normalized spacial score (nSPS) is 31.3. The van der Waals surface area contributed by atoms with Gasteiger partial charge in [-0.25, -0.2) is 0 Å². The third-order valence-corrected chi connectivity index (χ3v) is 5.29. The van der Waals surface area contributed by atoms with Gasteiger partial charge in [0.2, 0.25) is 0 Å². The van der Waals surface area contributed by atoms with E-state index in [1.54, 1.807) is 7.11 Å². The molecule has 3 atom stereocenters. The lowest BCUT2D eigenvalue weighted by atomic mass is 9.64. The summed E-state index contributed by atoms with van der Waals surface area (Å²) in [4.78, 5) is 0. The Morgan fingerprint density at radius 2 is 2.10 bits per heavy atom. The summed E-state index contributed by atoms with van der Waals surface area (Å²) in [5, 5.41) is 13.6. The molecule has 1 saturated carbocycles. The molecule has 0 spiro atoms.